The lowest BCUT2D eigenvalue weighted by Crippen LogP contribution is -2.24. The zero-order valence-corrected chi connectivity index (χ0v) is 12.3. The lowest BCUT2D eigenvalue weighted by atomic mass is 10.2. The third kappa shape index (κ3) is 3.78. The van der Waals surface area contributed by atoms with E-state index in [2.05, 4.69) is 20.6 Å². The van der Waals surface area contributed by atoms with Crippen molar-refractivity contribution in [2.75, 3.05) is 5.32 Å². The summed E-state index contributed by atoms with van der Waals surface area (Å²) < 4.78 is 12.8. The van der Waals surface area contributed by atoms with Gasteiger partial charge in [0.15, 0.2) is 0 Å². The Kier molecular flexibility index (Phi) is 4.00. The van der Waals surface area contributed by atoms with Crippen molar-refractivity contribution in [3.8, 4) is 0 Å². The molecule has 6 heteroatoms. The van der Waals surface area contributed by atoms with Crippen molar-refractivity contribution >= 4 is 11.7 Å². The van der Waals surface area contributed by atoms with Crippen LogP contribution in [0.15, 0.2) is 30.3 Å². The molecule has 0 bridgehead atoms. The molecule has 0 radical (unpaired) electrons. The number of hydrogen-bond donors (Lipinski definition) is 2. The van der Waals surface area contributed by atoms with Gasteiger partial charge < -0.3 is 10.6 Å². The molecule has 0 saturated heterocycles. The number of amides is 1. The highest BCUT2D eigenvalue weighted by molar-refractivity contribution is 5.92. The number of nitrogens with zero attached hydrogens (tertiary/aromatic N) is 2. The Hall–Kier alpha value is -2.50. The number of hydrogen-bond acceptors (Lipinski definition) is 4. The average Bonchev–Trinajstić information content (AvgIpc) is 3.29. The summed E-state index contributed by atoms with van der Waals surface area (Å²) in [6, 6.07) is 8.14. The van der Waals surface area contributed by atoms with Crippen LogP contribution in [0.3, 0.4) is 0 Å². The van der Waals surface area contributed by atoms with Crippen LogP contribution in [0.4, 0.5) is 10.2 Å². The van der Waals surface area contributed by atoms with E-state index in [1.807, 2.05) is 0 Å². The maximum atomic E-state index is 12.8. The first-order valence-corrected chi connectivity index (χ1v) is 7.25. The fourth-order valence-electron chi connectivity index (χ4n) is 2.07. The van der Waals surface area contributed by atoms with Crippen molar-refractivity contribution in [1.82, 2.24) is 15.3 Å². The minimum Gasteiger partial charge on any atom is -0.367 e. The second-order valence-corrected chi connectivity index (χ2v) is 5.41. The molecule has 1 aromatic carbocycles. The normalized spacial score (nSPS) is 13.7. The van der Waals surface area contributed by atoms with Crippen LogP contribution < -0.4 is 10.6 Å². The van der Waals surface area contributed by atoms with Crippen molar-refractivity contribution in [1.29, 1.82) is 0 Å². The van der Waals surface area contributed by atoms with Crippen LogP contribution in [0.5, 0.6) is 0 Å². The molecule has 22 heavy (non-hydrogen) atoms. The molecule has 1 aliphatic carbocycles. The van der Waals surface area contributed by atoms with E-state index in [-0.39, 0.29) is 11.7 Å². The maximum absolute atomic E-state index is 12.8. The van der Waals surface area contributed by atoms with Gasteiger partial charge in [0.05, 0.1) is 0 Å². The largest absolute Gasteiger partial charge is 0.367 e. The number of carbonyl (C=O) groups is 1. The Morgan fingerprint density at radius 1 is 1.27 bits per heavy atom. The van der Waals surface area contributed by atoms with E-state index >= 15 is 0 Å². The summed E-state index contributed by atoms with van der Waals surface area (Å²) in [6.45, 7) is 2.09. The fraction of sp³-hybridized carbons (Fsp3) is 0.312. The predicted molar refractivity (Wildman–Crippen MR) is 81.0 cm³/mol. The summed E-state index contributed by atoms with van der Waals surface area (Å²) in [5, 5.41) is 6.04. The number of aryl methyl sites for hydroxylation is 1. The SMILES string of the molecule is Cc1nc(NC2CC2)cc(C(=O)NCc2ccc(F)cc2)n1. The molecule has 1 heterocycles. The number of anilines is 1. The van der Waals surface area contributed by atoms with Crippen LogP contribution in [-0.2, 0) is 6.54 Å². The van der Waals surface area contributed by atoms with Gasteiger partial charge in [-0.1, -0.05) is 12.1 Å². The van der Waals surface area contributed by atoms with Gasteiger partial charge in [-0.25, -0.2) is 14.4 Å². The van der Waals surface area contributed by atoms with E-state index in [1.165, 1.54) is 12.1 Å². The minimum absolute atomic E-state index is 0.270. The highest BCUT2D eigenvalue weighted by atomic mass is 19.1. The second kappa shape index (κ2) is 6.09. The Balaban J connectivity index is 1.65. The van der Waals surface area contributed by atoms with Gasteiger partial charge in [-0.2, -0.15) is 0 Å². The molecule has 1 amide bonds. The molecule has 1 aliphatic rings. The van der Waals surface area contributed by atoms with Gasteiger partial charge in [0, 0.05) is 18.7 Å². The van der Waals surface area contributed by atoms with Crippen LogP contribution in [0.25, 0.3) is 0 Å². The van der Waals surface area contributed by atoms with Crippen molar-refractivity contribution in [3.63, 3.8) is 0 Å². The second-order valence-electron chi connectivity index (χ2n) is 5.41. The van der Waals surface area contributed by atoms with E-state index in [1.54, 1.807) is 25.1 Å². The first-order chi connectivity index (χ1) is 10.6. The van der Waals surface area contributed by atoms with E-state index in [4.69, 9.17) is 0 Å². The van der Waals surface area contributed by atoms with E-state index in [0.29, 0.717) is 29.9 Å². The molecule has 1 aromatic heterocycles. The lowest BCUT2D eigenvalue weighted by molar-refractivity contribution is 0.0945. The van der Waals surface area contributed by atoms with Gasteiger partial charge in [0.2, 0.25) is 0 Å². The summed E-state index contributed by atoms with van der Waals surface area (Å²) in [6.07, 6.45) is 2.27. The van der Waals surface area contributed by atoms with Crippen LogP contribution in [0, 0.1) is 12.7 Å². The average molecular weight is 300 g/mol. The summed E-state index contributed by atoms with van der Waals surface area (Å²) in [7, 11) is 0. The van der Waals surface area contributed by atoms with Crippen molar-refractivity contribution < 1.29 is 9.18 Å². The molecule has 1 saturated carbocycles. The lowest BCUT2D eigenvalue weighted by Gasteiger charge is -2.08. The maximum Gasteiger partial charge on any atom is 0.270 e. The van der Waals surface area contributed by atoms with E-state index in [9.17, 15) is 9.18 Å². The molecule has 114 valence electrons. The molecule has 0 spiro atoms. The molecule has 0 atom stereocenters. The molecule has 1 fully saturated rings. The zero-order chi connectivity index (χ0) is 15.5. The number of rotatable bonds is 5. The monoisotopic (exact) mass is 300 g/mol. The highest BCUT2D eigenvalue weighted by Gasteiger charge is 2.22. The molecule has 0 unspecified atom stereocenters. The number of halogens is 1. The predicted octanol–water partition coefficient (Wildman–Crippen LogP) is 2.43. The third-order valence-corrected chi connectivity index (χ3v) is 3.37. The van der Waals surface area contributed by atoms with Crippen LogP contribution in [0.1, 0.15) is 34.7 Å². The number of nitrogens with one attached hydrogen (secondary N) is 2. The molecule has 2 N–H and O–H groups in total. The van der Waals surface area contributed by atoms with Gasteiger partial charge in [0.1, 0.15) is 23.2 Å². The van der Waals surface area contributed by atoms with Crippen LogP contribution in [-0.4, -0.2) is 21.9 Å². The number of carbonyl (C=O) groups excluding carboxylic acids is 1. The Bertz CT molecular complexity index is 683. The van der Waals surface area contributed by atoms with Gasteiger partial charge >= 0.3 is 0 Å². The van der Waals surface area contributed by atoms with Gasteiger partial charge in [-0.3, -0.25) is 4.79 Å². The van der Waals surface area contributed by atoms with Crippen molar-refractivity contribution in [2.24, 2.45) is 0 Å². The smallest absolute Gasteiger partial charge is 0.270 e. The molecule has 3 rings (SSSR count). The molecule has 0 aliphatic heterocycles. The van der Waals surface area contributed by atoms with Gasteiger partial charge in [-0.15, -0.1) is 0 Å². The standard InChI is InChI=1S/C16H17FN4O/c1-10-19-14(8-15(20-10)21-13-6-7-13)16(22)18-9-11-2-4-12(17)5-3-11/h2-5,8,13H,6-7,9H2,1H3,(H,18,22)(H,19,20,21). The minimum atomic E-state index is -0.294. The Labute approximate surface area is 128 Å². The number of benzene rings is 1. The van der Waals surface area contributed by atoms with Crippen molar-refractivity contribution in [2.45, 2.75) is 32.4 Å². The van der Waals surface area contributed by atoms with E-state index in [0.717, 1.165) is 18.4 Å². The Morgan fingerprint density at radius 3 is 2.68 bits per heavy atom. The Morgan fingerprint density at radius 2 is 2.00 bits per heavy atom. The first-order valence-electron chi connectivity index (χ1n) is 7.25. The van der Waals surface area contributed by atoms with Crippen LogP contribution >= 0.6 is 0 Å². The molecular formula is C16H17FN4O. The topological polar surface area (TPSA) is 66.9 Å². The van der Waals surface area contributed by atoms with Crippen molar-refractivity contribution in [3.05, 3.63) is 53.2 Å². The molecule has 2 aromatic rings. The summed E-state index contributed by atoms with van der Waals surface area (Å²) >= 11 is 0. The summed E-state index contributed by atoms with van der Waals surface area (Å²) in [4.78, 5) is 20.6. The summed E-state index contributed by atoms with van der Waals surface area (Å²) in [5.74, 6) is 0.672. The highest BCUT2D eigenvalue weighted by Crippen LogP contribution is 2.23. The zero-order valence-electron chi connectivity index (χ0n) is 12.3. The van der Waals surface area contributed by atoms with E-state index < -0.39 is 0 Å². The van der Waals surface area contributed by atoms with Crippen LogP contribution in [0.2, 0.25) is 0 Å². The van der Waals surface area contributed by atoms with Gasteiger partial charge in [-0.05, 0) is 37.5 Å². The molecular weight excluding hydrogens is 283 g/mol. The number of aromatic nitrogens is 2. The molecule has 5 nitrogen and oxygen atoms in total. The third-order valence-electron chi connectivity index (χ3n) is 3.37. The van der Waals surface area contributed by atoms with Gasteiger partial charge in [0.25, 0.3) is 5.91 Å². The fourth-order valence-corrected chi connectivity index (χ4v) is 2.07. The summed E-state index contributed by atoms with van der Waals surface area (Å²) in [5.41, 5.74) is 1.16. The quantitative estimate of drug-likeness (QED) is 0.890. The first kappa shape index (κ1) is 14.4.